The monoisotopic (exact) mass is 325 g/mol. The third kappa shape index (κ3) is 3.99. The molecule has 1 aromatic rings. The van der Waals surface area contributed by atoms with Crippen LogP contribution in [-0.2, 0) is 6.18 Å². The second-order valence-electron chi connectivity index (χ2n) is 4.67. The number of halogens is 4. The number of hydrogen-bond donors (Lipinski definition) is 1. The van der Waals surface area contributed by atoms with Crippen LogP contribution >= 0.6 is 0 Å². The molecule has 2 rings (SSSR count). The summed E-state index contributed by atoms with van der Waals surface area (Å²) >= 11 is 0. The van der Waals surface area contributed by atoms with E-state index in [9.17, 15) is 17.6 Å². The zero-order valence-electron chi connectivity index (χ0n) is 11.7. The van der Waals surface area contributed by atoms with Crippen molar-refractivity contribution in [2.75, 3.05) is 6.61 Å². The number of aliphatic hydroxyl groups excluding tert-OH is 1. The maximum atomic E-state index is 14.0. The number of allylic oxidation sites excluding steroid dienone is 3. The van der Waals surface area contributed by atoms with Crippen LogP contribution in [0.4, 0.5) is 17.6 Å². The van der Waals surface area contributed by atoms with Crippen molar-refractivity contribution in [2.45, 2.75) is 12.6 Å². The first kappa shape index (κ1) is 16.8. The van der Waals surface area contributed by atoms with Gasteiger partial charge in [-0.1, -0.05) is 12.2 Å². The summed E-state index contributed by atoms with van der Waals surface area (Å²) in [5.41, 5.74) is -1.37. The summed E-state index contributed by atoms with van der Waals surface area (Å²) in [4.78, 5) is 0. The zero-order chi connectivity index (χ0) is 17.0. The molecule has 0 saturated heterocycles. The van der Waals surface area contributed by atoms with Gasteiger partial charge in [-0.15, -0.1) is 0 Å². The van der Waals surface area contributed by atoms with Gasteiger partial charge < -0.3 is 9.84 Å². The maximum absolute atomic E-state index is 14.0. The molecule has 3 nitrogen and oxygen atoms in total. The van der Waals surface area contributed by atoms with Gasteiger partial charge in [-0.25, -0.2) is 4.39 Å². The van der Waals surface area contributed by atoms with E-state index in [0.29, 0.717) is 11.6 Å². The summed E-state index contributed by atoms with van der Waals surface area (Å²) in [6.07, 6.45) is -0.626. The van der Waals surface area contributed by atoms with Crippen LogP contribution in [0.5, 0.6) is 5.75 Å². The summed E-state index contributed by atoms with van der Waals surface area (Å²) in [5.74, 6) is -1.18. The lowest BCUT2D eigenvalue weighted by Crippen LogP contribution is -2.08. The molecule has 7 heteroatoms. The van der Waals surface area contributed by atoms with Crippen molar-refractivity contribution in [3.8, 4) is 11.8 Å². The Morgan fingerprint density at radius 3 is 2.65 bits per heavy atom. The van der Waals surface area contributed by atoms with Gasteiger partial charge in [-0.3, -0.25) is 0 Å². The summed E-state index contributed by atoms with van der Waals surface area (Å²) in [6, 6.07) is 4.25. The van der Waals surface area contributed by atoms with Crippen molar-refractivity contribution < 1.29 is 27.4 Å². The first-order valence-electron chi connectivity index (χ1n) is 6.51. The minimum atomic E-state index is -4.72. The molecule has 0 fully saturated rings. The molecule has 0 spiro atoms. The molecule has 1 aliphatic carbocycles. The molecule has 0 bridgehead atoms. The van der Waals surface area contributed by atoms with E-state index >= 15 is 0 Å². The fraction of sp³-hybridized carbons (Fsp3) is 0.188. The third-order valence-corrected chi connectivity index (χ3v) is 3.05. The first-order chi connectivity index (χ1) is 10.8. The van der Waals surface area contributed by atoms with E-state index in [1.54, 1.807) is 0 Å². The maximum Gasteiger partial charge on any atom is 0.417 e. The number of benzene rings is 1. The molecule has 0 amide bonds. The average Bonchev–Trinajstić information content (AvgIpc) is 2.68. The van der Waals surface area contributed by atoms with E-state index in [-0.39, 0.29) is 24.5 Å². The molecule has 0 saturated carbocycles. The van der Waals surface area contributed by atoms with Crippen molar-refractivity contribution in [3.63, 3.8) is 0 Å². The summed E-state index contributed by atoms with van der Waals surface area (Å²) in [6.45, 7) is -0.369. The van der Waals surface area contributed by atoms with Crippen LogP contribution in [0.25, 0.3) is 0 Å². The molecule has 23 heavy (non-hydrogen) atoms. The number of hydrogen-bond acceptors (Lipinski definition) is 3. The standard InChI is InChI=1S/C16H11F4NO2/c17-14-6-10(9-22)2-1-3-15(14)23-12-5-4-11(8-21)13(7-12)16(18,19)20/h1-2,4-7,22H,3,9H2. The lowest BCUT2D eigenvalue weighted by molar-refractivity contribution is -0.137. The summed E-state index contributed by atoms with van der Waals surface area (Å²) < 4.78 is 57.8. The van der Waals surface area contributed by atoms with E-state index in [1.807, 2.05) is 0 Å². The highest BCUT2D eigenvalue weighted by Gasteiger charge is 2.34. The van der Waals surface area contributed by atoms with Gasteiger partial charge >= 0.3 is 6.18 Å². The van der Waals surface area contributed by atoms with Crippen LogP contribution in [0.2, 0.25) is 0 Å². The SMILES string of the molecule is N#Cc1ccc(OC2=C(F)C=C(CO)C=CC2)cc1C(F)(F)F. The van der Waals surface area contributed by atoms with Gasteiger partial charge in [-0.05, 0) is 29.8 Å². The second-order valence-corrected chi connectivity index (χ2v) is 4.67. The van der Waals surface area contributed by atoms with Crippen LogP contribution in [-0.4, -0.2) is 11.7 Å². The Bertz CT molecular complexity index is 739. The van der Waals surface area contributed by atoms with Crippen LogP contribution in [0.15, 0.2) is 53.6 Å². The average molecular weight is 325 g/mol. The Kier molecular flexibility index (Phi) is 4.86. The first-order valence-corrected chi connectivity index (χ1v) is 6.51. The predicted octanol–water partition coefficient (Wildman–Crippen LogP) is 4.02. The van der Waals surface area contributed by atoms with Crippen molar-refractivity contribution in [1.82, 2.24) is 0 Å². The highest BCUT2D eigenvalue weighted by atomic mass is 19.4. The number of nitrogens with zero attached hydrogens (tertiary/aromatic N) is 1. The molecule has 1 N–H and O–H groups in total. The molecule has 0 heterocycles. The Balaban J connectivity index is 2.36. The van der Waals surface area contributed by atoms with Gasteiger partial charge in [0.05, 0.1) is 23.8 Å². The molecule has 0 aromatic heterocycles. The molecule has 120 valence electrons. The van der Waals surface area contributed by atoms with Crippen molar-refractivity contribution >= 4 is 0 Å². The van der Waals surface area contributed by atoms with Crippen LogP contribution in [0.1, 0.15) is 17.5 Å². The van der Waals surface area contributed by atoms with Gasteiger partial charge in [-0.2, -0.15) is 18.4 Å². The van der Waals surface area contributed by atoms with E-state index in [4.69, 9.17) is 15.1 Å². The molecular weight excluding hydrogens is 314 g/mol. The highest BCUT2D eigenvalue weighted by Crippen LogP contribution is 2.35. The lowest BCUT2D eigenvalue weighted by Gasteiger charge is -2.13. The molecule has 1 aliphatic rings. The molecule has 0 unspecified atom stereocenters. The van der Waals surface area contributed by atoms with Crippen LogP contribution < -0.4 is 4.74 Å². The number of rotatable bonds is 3. The largest absolute Gasteiger partial charge is 0.458 e. The minimum absolute atomic E-state index is 0.0210. The molecule has 0 radical (unpaired) electrons. The minimum Gasteiger partial charge on any atom is -0.458 e. The molecule has 1 aromatic carbocycles. The molecule has 0 aliphatic heterocycles. The van der Waals surface area contributed by atoms with Crippen LogP contribution in [0, 0.1) is 11.3 Å². The second kappa shape index (κ2) is 6.67. The van der Waals surface area contributed by atoms with E-state index < -0.39 is 23.1 Å². The van der Waals surface area contributed by atoms with Gasteiger partial charge in [0.1, 0.15) is 11.5 Å². The third-order valence-electron chi connectivity index (χ3n) is 3.05. The number of alkyl halides is 3. The van der Waals surface area contributed by atoms with Gasteiger partial charge in [0.25, 0.3) is 0 Å². The number of ether oxygens (including phenoxy) is 1. The Hall–Kier alpha value is -2.59. The van der Waals surface area contributed by atoms with Crippen molar-refractivity contribution in [2.24, 2.45) is 0 Å². The predicted molar refractivity (Wildman–Crippen MR) is 73.8 cm³/mol. The topological polar surface area (TPSA) is 53.2 Å². The smallest absolute Gasteiger partial charge is 0.417 e. The van der Waals surface area contributed by atoms with Crippen molar-refractivity contribution in [1.29, 1.82) is 5.26 Å². The fourth-order valence-electron chi connectivity index (χ4n) is 1.96. The van der Waals surface area contributed by atoms with E-state index in [1.165, 1.54) is 24.3 Å². The van der Waals surface area contributed by atoms with E-state index in [0.717, 1.165) is 12.1 Å². The van der Waals surface area contributed by atoms with Crippen LogP contribution in [0.3, 0.4) is 0 Å². The number of aliphatic hydroxyl groups is 1. The van der Waals surface area contributed by atoms with Gasteiger partial charge in [0, 0.05) is 6.42 Å². The fourth-order valence-corrected chi connectivity index (χ4v) is 1.96. The Morgan fingerprint density at radius 1 is 1.30 bits per heavy atom. The quantitative estimate of drug-likeness (QED) is 0.854. The molecule has 0 atom stereocenters. The molecular formula is C16H11F4NO2. The Labute approximate surface area is 129 Å². The summed E-state index contributed by atoms with van der Waals surface area (Å²) in [7, 11) is 0. The van der Waals surface area contributed by atoms with E-state index in [2.05, 4.69) is 0 Å². The number of nitriles is 1. The zero-order valence-corrected chi connectivity index (χ0v) is 11.7. The van der Waals surface area contributed by atoms with Gasteiger partial charge in [0.15, 0.2) is 5.83 Å². The summed E-state index contributed by atoms with van der Waals surface area (Å²) in [5, 5.41) is 17.7. The lowest BCUT2D eigenvalue weighted by atomic mass is 10.1. The normalized spacial score (nSPS) is 15.0. The van der Waals surface area contributed by atoms with Crippen molar-refractivity contribution in [3.05, 3.63) is 64.7 Å². The van der Waals surface area contributed by atoms with Gasteiger partial charge in [0.2, 0.25) is 0 Å². The Morgan fingerprint density at radius 2 is 2.04 bits per heavy atom. The highest BCUT2D eigenvalue weighted by molar-refractivity contribution is 5.45.